The maximum absolute atomic E-state index is 12.3. The quantitative estimate of drug-likeness (QED) is 0.478. The lowest BCUT2D eigenvalue weighted by molar-refractivity contribution is -0.152. The van der Waals surface area contributed by atoms with E-state index in [-0.39, 0.29) is 6.54 Å². The minimum Gasteiger partial charge on any atom is -0.481 e. The van der Waals surface area contributed by atoms with Crippen molar-refractivity contribution in [2.45, 2.75) is 122 Å². The third-order valence-electron chi connectivity index (χ3n) is 7.75. The summed E-state index contributed by atoms with van der Waals surface area (Å²) in [6, 6.07) is 11.3. The SMILES string of the molecule is C1CCC(NC2CCCCC2)CC1.CC(C)(C)OC(=O)N1CCC[C@@](Cc2ccccc2)(C(=O)O)C1. The first-order chi connectivity index (χ1) is 17.2. The van der Waals surface area contributed by atoms with Crippen molar-refractivity contribution >= 4 is 12.1 Å². The van der Waals surface area contributed by atoms with Crippen LogP contribution in [0, 0.1) is 5.41 Å². The molecule has 3 fully saturated rings. The summed E-state index contributed by atoms with van der Waals surface area (Å²) in [6.45, 7) is 6.15. The molecule has 1 atom stereocenters. The molecular weight excluding hydrogens is 452 g/mol. The highest BCUT2D eigenvalue weighted by atomic mass is 16.6. The predicted molar refractivity (Wildman–Crippen MR) is 144 cm³/mol. The Morgan fingerprint density at radius 3 is 2.00 bits per heavy atom. The number of likely N-dealkylation sites (tertiary alicyclic amines) is 1. The second-order valence-corrected chi connectivity index (χ2v) is 12.1. The Morgan fingerprint density at radius 1 is 0.944 bits per heavy atom. The van der Waals surface area contributed by atoms with Gasteiger partial charge in [0.1, 0.15) is 5.60 Å². The second kappa shape index (κ2) is 13.5. The van der Waals surface area contributed by atoms with Crippen molar-refractivity contribution in [1.82, 2.24) is 10.2 Å². The third kappa shape index (κ3) is 9.10. The molecule has 2 saturated carbocycles. The molecule has 1 aromatic carbocycles. The van der Waals surface area contributed by atoms with Gasteiger partial charge in [-0.2, -0.15) is 0 Å². The number of aliphatic carboxylic acids is 1. The van der Waals surface area contributed by atoms with Crippen molar-refractivity contribution < 1.29 is 19.4 Å². The van der Waals surface area contributed by atoms with Gasteiger partial charge in [0.05, 0.1) is 5.41 Å². The molecule has 1 amide bonds. The lowest BCUT2D eigenvalue weighted by atomic mass is 9.75. The Bertz CT molecular complexity index is 794. The van der Waals surface area contributed by atoms with E-state index in [9.17, 15) is 14.7 Å². The molecule has 36 heavy (non-hydrogen) atoms. The third-order valence-corrected chi connectivity index (χ3v) is 7.75. The van der Waals surface area contributed by atoms with Crippen LogP contribution in [0.1, 0.15) is 103 Å². The number of ether oxygens (including phenoxy) is 1. The number of rotatable bonds is 5. The molecule has 0 spiro atoms. The van der Waals surface area contributed by atoms with Crippen LogP contribution in [0.5, 0.6) is 0 Å². The largest absolute Gasteiger partial charge is 0.481 e. The molecule has 2 N–H and O–H groups in total. The lowest BCUT2D eigenvalue weighted by Crippen LogP contribution is -2.52. The number of nitrogens with zero attached hydrogens (tertiary/aromatic N) is 1. The van der Waals surface area contributed by atoms with Crippen LogP contribution in [0.15, 0.2) is 30.3 Å². The molecule has 202 valence electrons. The predicted octanol–water partition coefficient (Wildman–Crippen LogP) is 6.57. The highest BCUT2D eigenvalue weighted by Gasteiger charge is 2.44. The lowest BCUT2D eigenvalue weighted by Gasteiger charge is -2.40. The molecule has 2 aliphatic carbocycles. The Kier molecular flexibility index (Phi) is 10.7. The summed E-state index contributed by atoms with van der Waals surface area (Å²) in [6.07, 6.45) is 15.8. The minimum atomic E-state index is -0.948. The number of nitrogens with one attached hydrogen (secondary N) is 1. The van der Waals surface area contributed by atoms with Crippen molar-refractivity contribution in [1.29, 1.82) is 0 Å². The zero-order valence-corrected chi connectivity index (χ0v) is 22.8. The van der Waals surface area contributed by atoms with E-state index in [1.165, 1.54) is 69.1 Å². The molecule has 6 nitrogen and oxygen atoms in total. The first-order valence-corrected chi connectivity index (χ1v) is 14.2. The molecule has 1 aliphatic heterocycles. The first kappa shape index (κ1) is 28.5. The number of carboxylic acid groups (broad SMARTS) is 1. The van der Waals surface area contributed by atoms with E-state index in [0.29, 0.717) is 25.8 Å². The van der Waals surface area contributed by atoms with Crippen molar-refractivity contribution in [3.63, 3.8) is 0 Å². The summed E-state index contributed by atoms with van der Waals surface area (Å²) in [5.41, 5.74) is -0.558. The fourth-order valence-electron chi connectivity index (χ4n) is 5.87. The maximum Gasteiger partial charge on any atom is 0.410 e. The van der Waals surface area contributed by atoms with Crippen molar-refractivity contribution in [2.75, 3.05) is 13.1 Å². The smallest absolute Gasteiger partial charge is 0.410 e. The molecule has 1 heterocycles. The van der Waals surface area contributed by atoms with Crippen LogP contribution in [0.25, 0.3) is 0 Å². The van der Waals surface area contributed by atoms with Gasteiger partial charge in [-0.05, 0) is 71.3 Å². The van der Waals surface area contributed by atoms with Crippen LogP contribution in [0.2, 0.25) is 0 Å². The van der Waals surface area contributed by atoms with Crippen LogP contribution >= 0.6 is 0 Å². The van der Waals surface area contributed by atoms with Gasteiger partial charge in [0, 0.05) is 25.2 Å². The number of benzene rings is 1. The van der Waals surface area contributed by atoms with Gasteiger partial charge >= 0.3 is 12.1 Å². The van der Waals surface area contributed by atoms with Gasteiger partial charge < -0.3 is 20.1 Å². The van der Waals surface area contributed by atoms with Gasteiger partial charge in [0.25, 0.3) is 0 Å². The maximum atomic E-state index is 12.3. The van der Waals surface area contributed by atoms with Gasteiger partial charge in [-0.3, -0.25) is 4.79 Å². The molecule has 6 heteroatoms. The summed E-state index contributed by atoms with van der Waals surface area (Å²) in [5.74, 6) is -0.852. The summed E-state index contributed by atoms with van der Waals surface area (Å²) >= 11 is 0. The second-order valence-electron chi connectivity index (χ2n) is 12.1. The number of amides is 1. The number of hydrogen-bond donors (Lipinski definition) is 2. The highest BCUT2D eigenvalue weighted by Crippen LogP contribution is 2.35. The van der Waals surface area contributed by atoms with E-state index in [1.54, 1.807) is 0 Å². The summed E-state index contributed by atoms with van der Waals surface area (Å²) in [5, 5.41) is 13.7. The average molecular weight is 501 g/mol. The monoisotopic (exact) mass is 500 g/mol. The van der Waals surface area contributed by atoms with Gasteiger partial charge in [0.2, 0.25) is 0 Å². The average Bonchev–Trinajstić information content (AvgIpc) is 2.85. The summed E-state index contributed by atoms with van der Waals surface area (Å²) < 4.78 is 5.39. The molecule has 1 saturated heterocycles. The van der Waals surface area contributed by atoms with E-state index >= 15 is 0 Å². The fourth-order valence-corrected chi connectivity index (χ4v) is 5.87. The number of carboxylic acids is 1. The molecule has 0 aromatic heterocycles. The molecule has 0 unspecified atom stereocenters. The van der Waals surface area contributed by atoms with E-state index < -0.39 is 23.1 Å². The molecular formula is C30H48N2O4. The van der Waals surface area contributed by atoms with E-state index in [4.69, 9.17) is 4.74 Å². The van der Waals surface area contributed by atoms with E-state index in [1.807, 2.05) is 51.1 Å². The minimum absolute atomic E-state index is 0.187. The van der Waals surface area contributed by atoms with Crippen LogP contribution in [0.3, 0.4) is 0 Å². The van der Waals surface area contributed by atoms with Crippen molar-refractivity contribution in [2.24, 2.45) is 5.41 Å². The Labute approximate surface area is 218 Å². The topological polar surface area (TPSA) is 78.9 Å². The van der Waals surface area contributed by atoms with E-state index in [2.05, 4.69) is 5.32 Å². The molecule has 1 aromatic rings. The van der Waals surface area contributed by atoms with Gasteiger partial charge in [-0.25, -0.2) is 4.79 Å². The Morgan fingerprint density at radius 2 is 1.50 bits per heavy atom. The zero-order valence-electron chi connectivity index (χ0n) is 22.8. The highest BCUT2D eigenvalue weighted by molar-refractivity contribution is 5.77. The van der Waals surface area contributed by atoms with Crippen molar-refractivity contribution in [3.8, 4) is 0 Å². The van der Waals surface area contributed by atoms with Crippen molar-refractivity contribution in [3.05, 3.63) is 35.9 Å². The number of carbonyl (C=O) groups excluding carboxylic acids is 1. The fraction of sp³-hybridized carbons (Fsp3) is 0.733. The standard InChI is InChI=1S/C18H25NO4.C12H23N/c1-17(2,3)23-16(22)19-11-7-10-18(13-19,15(20)21)12-14-8-5-4-6-9-14;1-3-7-11(8-4-1)13-12-9-5-2-6-10-12/h4-6,8-9H,7,10-13H2,1-3H3,(H,20,21);11-13H,1-10H2/t18-;/m0./s1. The normalized spacial score (nSPS) is 23.9. The van der Waals surface area contributed by atoms with Gasteiger partial charge in [-0.15, -0.1) is 0 Å². The zero-order chi connectivity index (χ0) is 26.0. The van der Waals surface area contributed by atoms with E-state index in [0.717, 1.165) is 17.6 Å². The molecule has 3 aliphatic rings. The van der Waals surface area contributed by atoms with Crippen LogP contribution in [-0.2, 0) is 16.0 Å². The molecule has 0 bridgehead atoms. The Hall–Kier alpha value is -2.08. The Balaban J connectivity index is 0.000000233. The molecule has 0 radical (unpaired) electrons. The molecule has 4 rings (SSSR count). The van der Waals surface area contributed by atoms with Crippen LogP contribution in [0.4, 0.5) is 4.79 Å². The van der Waals surface area contributed by atoms with Gasteiger partial charge in [0.15, 0.2) is 0 Å². The van der Waals surface area contributed by atoms with Crippen LogP contribution in [-0.4, -0.2) is 52.8 Å². The van der Waals surface area contributed by atoms with Gasteiger partial charge in [-0.1, -0.05) is 68.9 Å². The first-order valence-electron chi connectivity index (χ1n) is 14.2. The number of hydrogen-bond acceptors (Lipinski definition) is 4. The number of piperidine rings is 1. The van der Waals surface area contributed by atoms with Crippen LogP contribution < -0.4 is 5.32 Å². The summed E-state index contributed by atoms with van der Waals surface area (Å²) in [7, 11) is 0. The number of carbonyl (C=O) groups is 2. The summed E-state index contributed by atoms with van der Waals surface area (Å²) in [4.78, 5) is 25.8.